The van der Waals surface area contributed by atoms with Crippen LogP contribution in [0.2, 0.25) is 0 Å². The number of hydrogen-bond donors (Lipinski definition) is 2. The van der Waals surface area contributed by atoms with Gasteiger partial charge in [-0.05, 0) is 128 Å². The average molecular weight is 445 g/mol. The Morgan fingerprint density at radius 1 is 0.656 bits per heavy atom. The van der Waals surface area contributed by atoms with Crippen LogP contribution < -0.4 is 0 Å². The van der Waals surface area contributed by atoms with Crippen LogP contribution in [0.3, 0.4) is 0 Å². The Morgan fingerprint density at radius 3 is 2.00 bits per heavy atom. The smallest absolute Gasteiger partial charge is 0.0648 e. The normalized spacial score (nSPS) is 61.7. The van der Waals surface area contributed by atoms with Gasteiger partial charge >= 0.3 is 0 Å². The van der Waals surface area contributed by atoms with Crippen LogP contribution in [0.4, 0.5) is 0 Å². The van der Waals surface area contributed by atoms with Crippen molar-refractivity contribution in [3.05, 3.63) is 0 Å². The minimum absolute atomic E-state index is 0.0355. The van der Waals surface area contributed by atoms with Crippen molar-refractivity contribution in [3.63, 3.8) is 0 Å². The summed E-state index contributed by atoms with van der Waals surface area (Å²) in [4.78, 5) is 0. The summed E-state index contributed by atoms with van der Waals surface area (Å²) in [7, 11) is 0. The second-order valence-corrected chi connectivity index (χ2v) is 15.4. The Labute approximate surface area is 198 Å². The summed E-state index contributed by atoms with van der Waals surface area (Å²) in [6.07, 6.45) is 12.3. The molecule has 5 rings (SSSR count). The van der Waals surface area contributed by atoms with E-state index in [9.17, 15) is 10.2 Å². The summed E-state index contributed by atoms with van der Waals surface area (Å²) in [6.45, 7) is 19.8. The van der Waals surface area contributed by atoms with Gasteiger partial charge < -0.3 is 10.2 Å². The summed E-state index contributed by atoms with van der Waals surface area (Å²) in [6, 6.07) is 0. The second kappa shape index (κ2) is 6.77. The van der Waals surface area contributed by atoms with Crippen LogP contribution in [0.15, 0.2) is 0 Å². The standard InChI is InChI=1S/C30H52O2/c1-19-24-20-9-10-22-27(5)13-12-23(31)25(2,3)21(27)11-14-29(22,7)28(20,6)17-15-26(24,4)16-18-30(19,8)32/h19-24,31-32H,9-18H2,1-8H3/t19-,20+,21-,22+,23-,24+,26-,27-,28+,29+,30+/m0/s1. The highest BCUT2D eigenvalue weighted by atomic mass is 16.3. The third-order valence-corrected chi connectivity index (χ3v) is 14.1. The maximum atomic E-state index is 11.3. The van der Waals surface area contributed by atoms with Crippen LogP contribution in [0.5, 0.6) is 0 Å². The molecule has 0 heterocycles. The van der Waals surface area contributed by atoms with Gasteiger partial charge in [-0.25, -0.2) is 0 Å². The largest absolute Gasteiger partial charge is 0.393 e. The molecule has 32 heavy (non-hydrogen) atoms. The Kier molecular flexibility index (Phi) is 5.01. The highest BCUT2D eigenvalue weighted by Crippen LogP contribution is 2.77. The zero-order valence-corrected chi connectivity index (χ0v) is 22.4. The summed E-state index contributed by atoms with van der Waals surface area (Å²) >= 11 is 0. The van der Waals surface area contributed by atoms with Crippen molar-refractivity contribution in [2.75, 3.05) is 0 Å². The number of fused-ring (bicyclic) bond motifs is 7. The molecule has 5 fully saturated rings. The van der Waals surface area contributed by atoms with Gasteiger partial charge in [-0.1, -0.05) is 48.5 Å². The molecule has 5 aliphatic carbocycles. The molecule has 0 amide bonds. The summed E-state index contributed by atoms with van der Waals surface area (Å²) in [5.74, 6) is 3.19. The fourth-order valence-corrected chi connectivity index (χ4v) is 11.6. The van der Waals surface area contributed by atoms with E-state index in [0.717, 1.165) is 24.7 Å². The lowest BCUT2D eigenvalue weighted by atomic mass is 9.31. The molecular formula is C30H52O2. The first-order chi connectivity index (χ1) is 14.6. The molecule has 11 atom stereocenters. The summed E-state index contributed by atoms with van der Waals surface area (Å²) in [5.41, 5.74) is 1.04. The van der Waals surface area contributed by atoms with Gasteiger partial charge in [0.2, 0.25) is 0 Å². The molecule has 5 saturated carbocycles. The van der Waals surface area contributed by atoms with Gasteiger partial charge in [0, 0.05) is 0 Å². The summed E-state index contributed by atoms with van der Waals surface area (Å²) < 4.78 is 0. The quantitative estimate of drug-likeness (QED) is 0.414. The maximum absolute atomic E-state index is 11.3. The zero-order chi connectivity index (χ0) is 23.5. The first kappa shape index (κ1) is 23.7. The molecule has 0 unspecified atom stereocenters. The van der Waals surface area contributed by atoms with Gasteiger partial charge in [-0.15, -0.1) is 0 Å². The average Bonchev–Trinajstić information content (AvgIpc) is 2.70. The van der Waals surface area contributed by atoms with Crippen molar-refractivity contribution in [2.24, 2.45) is 56.7 Å². The topological polar surface area (TPSA) is 40.5 Å². The molecule has 0 aromatic rings. The van der Waals surface area contributed by atoms with Gasteiger partial charge in [0.25, 0.3) is 0 Å². The van der Waals surface area contributed by atoms with E-state index >= 15 is 0 Å². The number of aliphatic hydroxyl groups excluding tert-OH is 1. The first-order valence-electron chi connectivity index (χ1n) is 14.0. The maximum Gasteiger partial charge on any atom is 0.0648 e. The predicted octanol–water partition coefficient (Wildman–Crippen LogP) is 7.22. The van der Waals surface area contributed by atoms with Crippen molar-refractivity contribution >= 4 is 0 Å². The molecule has 0 radical (unpaired) electrons. The van der Waals surface area contributed by atoms with Gasteiger partial charge in [-0.2, -0.15) is 0 Å². The second-order valence-electron chi connectivity index (χ2n) is 15.4. The van der Waals surface area contributed by atoms with E-state index in [1.165, 1.54) is 51.4 Å². The van der Waals surface area contributed by atoms with E-state index in [1.807, 2.05) is 0 Å². The molecule has 0 saturated heterocycles. The van der Waals surface area contributed by atoms with Crippen molar-refractivity contribution < 1.29 is 10.2 Å². The number of aliphatic hydroxyl groups is 2. The number of hydrogen-bond acceptors (Lipinski definition) is 2. The minimum atomic E-state index is -0.507. The third-order valence-electron chi connectivity index (χ3n) is 14.1. The summed E-state index contributed by atoms with van der Waals surface area (Å²) in [5, 5.41) is 22.2. The molecule has 0 aromatic heterocycles. The van der Waals surface area contributed by atoms with Crippen molar-refractivity contribution in [2.45, 2.75) is 131 Å². The Balaban J connectivity index is 1.54. The molecule has 5 aliphatic rings. The highest BCUT2D eigenvalue weighted by molar-refractivity contribution is 5.19. The fraction of sp³-hybridized carbons (Fsp3) is 1.00. The van der Waals surface area contributed by atoms with Crippen LogP contribution in [0.25, 0.3) is 0 Å². The molecule has 184 valence electrons. The molecule has 2 N–H and O–H groups in total. The molecule has 2 nitrogen and oxygen atoms in total. The first-order valence-corrected chi connectivity index (χ1v) is 14.0. The van der Waals surface area contributed by atoms with Crippen molar-refractivity contribution in [1.82, 2.24) is 0 Å². The van der Waals surface area contributed by atoms with Crippen LogP contribution in [0.1, 0.15) is 120 Å². The highest BCUT2D eigenvalue weighted by Gasteiger charge is 2.70. The van der Waals surface area contributed by atoms with Crippen LogP contribution >= 0.6 is 0 Å². The lowest BCUT2D eigenvalue weighted by molar-refractivity contribution is -0.264. The molecule has 0 aromatic carbocycles. The molecule has 0 bridgehead atoms. The van der Waals surface area contributed by atoms with E-state index in [1.54, 1.807) is 0 Å². The molecular weight excluding hydrogens is 392 g/mol. The Morgan fingerprint density at radius 2 is 1.31 bits per heavy atom. The van der Waals surface area contributed by atoms with Crippen molar-refractivity contribution in [1.29, 1.82) is 0 Å². The van der Waals surface area contributed by atoms with Gasteiger partial charge in [0.15, 0.2) is 0 Å². The van der Waals surface area contributed by atoms with E-state index in [2.05, 4.69) is 55.4 Å². The molecule has 2 heteroatoms. The predicted molar refractivity (Wildman–Crippen MR) is 132 cm³/mol. The van der Waals surface area contributed by atoms with E-state index < -0.39 is 5.60 Å². The van der Waals surface area contributed by atoms with E-state index in [4.69, 9.17) is 0 Å². The number of rotatable bonds is 0. The van der Waals surface area contributed by atoms with Gasteiger partial charge in [-0.3, -0.25) is 0 Å². The lowest BCUT2D eigenvalue weighted by Crippen LogP contribution is -2.68. The zero-order valence-electron chi connectivity index (χ0n) is 22.4. The monoisotopic (exact) mass is 444 g/mol. The molecule has 0 spiro atoms. The minimum Gasteiger partial charge on any atom is -0.393 e. The van der Waals surface area contributed by atoms with E-state index in [0.29, 0.717) is 39.4 Å². The third kappa shape index (κ3) is 2.72. The lowest BCUT2D eigenvalue weighted by Gasteiger charge is -2.74. The van der Waals surface area contributed by atoms with Crippen LogP contribution in [0, 0.1) is 56.7 Å². The van der Waals surface area contributed by atoms with Gasteiger partial charge in [0.05, 0.1) is 11.7 Å². The Hall–Kier alpha value is -0.0800. The van der Waals surface area contributed by atoms with Gasteiger partial charge in [0.1, 0.15) is 0 Å². The van der Waals surface area contributed by atoms with E-state index in [-0.39, 0.29) is 11.5 Å². The molecule has 0 aliphatic heterocycles. The van der Waals surface area contributed by atoms with Crippen molar-refractivity contribution in [3.8, 4) is 0 Å². The fourth-order valence-electron chi connectivity index (χ4n) is 11.6. The van der Waals surface area contributed by atoms with Crippen LogP contribution in [-0.4, -0.2) is 21.9 Å². The Bertz CT molecular complexity index is 771. The SMILES string of the molecule is C[C@H]1[C@@H]2[C@H]3CC[C@@H]4[C@@]5(C)CC[C@H](O)C(C)(C)[C@@H]5CC[C@@]4(C)[C@]3(C)CC[C@@]2(C)CC[C@@]1(C)O. The van der Waals surface area contributed by atoms with Crippen LogP contribution in [-0.2, 0) is 0 Å².